The number of hydrogen-bond acceptors (Lipinski definition) is 2. The van der Waals surface area contributed by atoms with E-state index in [0.717, 1.165) is 6.42 Å². The SMILES string of the molecule is C#C[C@@](O)(c1ccc(OCCC)c(Cl)c1)C(C)(C)C. The molecule has 0 bridgehead atoms. The van der Waals surface area contributed by atoms with Gasteiger partial charge in [0.1, 0.15) is 5.75 Å². The number of benzene rings is 1. The maximum absolute atomic E-state index is 10.7. The van der Waals surface area contributed by atoms with Crippen molar-refractivity contribution in [2.24, 2.45) is 5.41 Å². The number of aliphatic hydroxyl groups is 1. The van der Waals surface area contributed by atoms with Crippen LogP contribution in [0.4, 0.5) is 0 Å². The Kier molecular flexibility index (Phi) is 4.90. The third-order valence-corrected chi connectivity index (χ3v) is 3.40. The van der Waals surface area contributed by atoms with Crippen molar-refractivity contribution < 1.29 is 9.84 Å². The summed E-state index contributed by atoms with van der Waals surface area (Å²) in [5.41, 5.74) is -1.24. The highest BCUT2D eigenvalue weighted by Crippen LogP contribution is 2.40. The van der Waals surface area contributed by atoms with Crippen LogP contribution < -0.4 is 4.74 Å². The molecule has 1 rings (SSSR count). The normalized spacial score (nSPS) is 14.6. The van der Waals surface area contributed by atoms with E-state index in [-0.39, 0.29) is 0 Å². The van der Waals surface area contributed by atoms with Gasteiger partial charge in [-0.2, -0.15) is 0 Å². The van der Waals surface area contributed by atoms with Gasteiger partial charge in [-0.1, -0.05) is 51.3 Å². The molecule has 1 N–H and O–H groups in total. The molecule has 1 aromatic carbocycles. The fraction of sp³-hybridized carbons (Fsp3) is 0.500. The summed E-state index contributed by atoms with van der Waals surface area (Å²) in [6.45, 7) is 8.31. The van der Waals surface area contributed by atoms with E-state index in [1.54, 1.807) is 18.2 Å². The molecule has 0 aliphatic carbocycles. The summed E-state index contributed by atoms with van der Waals surface area (Å²) in [4.78, 5) is 0. The first-order chi connectivity index (χ1) is 8.76. The second kappa shape index (κ2) is 5.86. The summed E-state index contributed by atoms with van der Waals surface area (Å²) in [6, 6.07) is 5.20. The zero-order valence-corrected chi connectivity index (χ0v) is 12.7. The zero-order chi connectivity index (χ0) is 14.7. The van der Waals surface area contributed by atoms with Gasteiger partial charge in [-0.25, -0.2) is 0 Å². The molecule has 0 saturated carbocycles. The second-order valence-electron chi connectivity index (χ2n) is 5.60. The van der Waals surface area contributed by atoms with Crippen molar-refractivity contribution in [1.82, 2.24) is 0 Å². The topological polar surface area (TPSA) is 29.5 Å². The van der Waals surface area contributed by atoms with Crippen molar-refractivity contribution in [3.63, 3.8) is 0 Å². The maximum atomic E-state index is 10.7. The van der Waals surface area contributed by atoms with E-state index in [0.29, 0.717) is 22.9 Å². The molecule has 0 aliphatic rings. The molecule has 19 heavy (non-hydrogen) atoms. The van der Waals surface area contributed by atoms with Crippen molar-refractivity contribution in [3.8, 4) is 18.1 Å². The lowest BCUT2D eigenvalue weighted by Gasteiger charge is -2.36. The van der Waals surface area contributed by atoms with Crippen LogP contribution in [-0.2, 0) is 5.60 Å². The number of rotatable bonds is 4. The van der Waals surface area contributed by atoms with Crippen molar-refractivity contribution in [2.75, 3.05) is 6.61 Å². The van der Waals surface area contributed by atoms with Crippen molar-refractivity contribution in [3.05, 3.63) is 28.8 Å². The largest absolute Gasteiger partial charge is 0.492 e. The highest BCUT2D eigenvalue weighted by atomic mass is 35.5. The number of halogens is 1. The summed E-state index contributed by atoms with van der Waals surface area (Å²) < 4.78 is 5.51. The van der Waals surface area contributed by atoms with E-state index in [4.69, 9.17) is 22.8 Å². The quantitative estimate of drug-likeness (QED) is 0.845. The van der Waals surface area contributed by atoms with Crippen LogP contribution in [0.25, 0.3) is 0 Å². The Labute approximate surface area is 120 Å². The molecule has 104 valence electrons. The monoisotopic (exact) mass is 280 g/mol. The molecule has 0 amide bonds. The molecule has 1 atom stereocenters. The highest BCUT2D eigenvalue weighted by molar-refractivity contribution is 6.32. The molecule has 1 aromatic rings. The third kappa shape index (κ3) is 3.23. The van der Waals surface area contributed by atoms with Crippen LogP contribution in [-0.4, -0.2) is 11.7 Å². The summed E-state index contributed by atoms with van der Waals surface area (Å²) in [5.74, 6) is 3.09. The first kappa shape index (κ1) is 15.9. The van der Waals surface area contributed by atoms with Gasteiger partial charge < -0.3 is 9.84 Å². The van der Waals surface area contributed by atoms with Gasteiger partial charge in [-0.3, -0.25) is 0 Å². The van der Waals surface area contributed by atoms with E-state index in [1.165, 1.54) is 0 Å². The van der Waals surface area contributed by atoms with E-state index in [2.05, 4.69) is 5.92 Å². The Hall–Kier alpha value is -1.17. The van der Waals surface area contributed by atoms with E-state index in [9.17, 15) is 5.11 Å². The molecule has 0 radical (unpaired) electrons. The van der Waals surface area contributed by atoms with Gasteiger partial charge in [0.05, 0.1) is 11.6 Å². The van der Waals surface area contributed by atoms with Crippen LogP contribution in [0.3, 0.4) is 0 Å². The van der Waals surface area contributed by atoms with Crippen molar-refractivity contribution >= 4 is 11.6 Å². The fourth-order valence-corrected chi connectivity index (χ4v) is 2.02. The summed E-state index contributed by atoms with van der Waals surface area (Å²) in [7, 11) is 0. The maximum Gasteiger partial charge on any atom is 0.155 e. The predicted molar refractivity (Wildman–Crippen MR) is 79.4 cm³/mol. The lowest BCUT2D eigenvalue weighted by atomic mass is 9.73. The smallest absolute Gasteiger partial charge is 0.155 e. The lowest BCUT2D eigenvalue weighted by Crippen LogP contribution is -2.38. The molecule has 0 aromatic heterocycles. The van der Waals surface area contributed by atoms with Gasteiger partial charge in [0.15, 0.2) is 5.60 Å². The van der Waals surface area contributed by atoms with E-state index >= 15 is 0 Å². The Morgan fingerprint density at radius 1 is 1.37 bits per heavy atom. The van der Waals surface area contributed by atoms with Crippen LogP contribution in [0.2, 0.25) is 5.02 Å². The van der Waals surface area contributed by atoms with Crippen molar-refractivity contribution in [2.45, 2.75) is 39.7 Å². The summed E-state index contributed by atoms with van der Waals surface area (Å²) >= 11 is 6.17. The Bertz CT molecular complexity index is 483. The Balaban J connectivity index is 3.17. The fourth-order valence-electron chi connectivity index (χ4n) is 1.79. The van der Waals surface area contributed by atoms with Gasteiger partial charge in [-0.15, -0.1) is 6.42 Å². The minimum Gasteiger partial charge on any atom is -0.492 e. The Morgan fingerprint density at radius 2 is 2.00 bits per heavy atom. The second-order valence-corrected chi connectivity index (χ2v) is 6.01. The van der Waals surface area contributed by atoms with Gasteiger partial charge in [-0.05, 0) is 24.1 Å². The minimum absolute atomic E-state index is 0.462. The van der Waals surface area contributed by atoms with Crippen LogP contribution in [0.5, 0.6) is 5.75 Å². The highest BCUT2D eigenvalue weighted by Gasteiger charge is 2.40. The number of hydrogen-bond donors (Lipinski definition) is 1. The summed E-state index contributed by atoms with van der Waals surface area (Å²) in [6.07, 6.45) is 6.43. The van der Waals surface area contributed by atoms with Gasteiger partial charge >= 0.3 is 0 Å². The zero-order valence-electron chi connectivity index (χ0n) is 12.0. The third-order valence-electron chi connectivity index (χ3n) is 3.11. The molecular formula is C16H21ClO2. The molecule has 0 aliphatic heterocycles. The number of terminal acetylenes is 1. The van der Waals surface area contributed by atoms with Crippen LogP contribution in [0, 0.1) is 17.8 Å². The molecular weight excluding hydrogens is 260 g/mol. The molecule has 0 fully saturated rings. The van der Waals surface area contributed by atoms with Gasteiger partial charge in [0.2, 0.25) is 0 Å². The van der Waals surface area contributed by atoms with Crippen LogP contribution >= 0.6 is 11.6 Å². The average Bonchev–Trinajstić information content (AvgIpc) is 2.34. The van der Waals surface area contributed by atoms with Crippen LogP contribution in [0.1, 0.15) is 39.7 Å². The molecule has 2 nitrogen and oxygen atoms in total. The molecule has 0 spiro atoms. The predicted octanol–water partition coefficient (Wildman–Crippen LogP) is 4.00. The Morgan fingerprint density at radius 3 is 2.42 bits per heavy atom. The van der Waals surface area contributed by atoms with Crippen LogP contribution in [0.15, 0.2) is 18.2 Å². The molecule has 0 heterocycles. The first-order valence-corrected chi connectivity index (χ1v) is 6.77. The molecule has 3 heteroatoms. The molecule has 0 saturated heterocycles. The lowest BCUT2D eigenvalue weighted by molar-refractivity contribution is -0.00888. The van der Waals surface area contributed by atoms with Crippen molar-refractivity contribution in [1.29, 1.82) is 0 Å². The van der Waals surface area contributed by atoms with Gasteiger partial charge in [0, 0.05) is 5.41 Å². The standard InChI is InChI=1S/C16H21ClO2/c1-6-10-19-14-9-8-12(11-13(14)17)16(18,7-2)15(3,4)5/h2,8-9,11,18H,6,10H2,1,3-5H3/t16-/m1/s1. The van der Waals surface area contributed by atoms with E-state index < -0.39 is 11.0 Å². The number of ether oxygens (including phenoxy) is 1. The van der Waals surface area contributed by atoms with E-state index in [1.807, 2.05) is 27.7 Å². The first-order valence-electron chi connectivity index (χ1n) is 6.39. The summed E-state index contributed by atoms with van der Waals surface area (Å²) in [5, 5.41) is 11.1. The molecule has 0 unspecified atom stereocenters. The van der Waals surface area contributed by atoms with Gasteiger partial charge in [0.25, 0.3) is 0 Å². The average molecular weight is 281 g/mol. The minimum atomic E-state index is -1.36.